The Labute approximate surface area is 72.3 Å². The minimum Gasteiger partial charge on any atom is -0.322 e. The van der Waals surface area contributed by atoms with Gasteiger partial charge in [0.2, 0.25) is 0 Å². The molecular weight excluding hydrogens is 150 g/mol. The standard InChI is InChI=1S/C9H13N3/c1-11-7-9(12-10)8-5-3-2-4-6-8/h3,5-7,12H,1-2,4,10H2/b9-7-. The Morgan fingerprint density at radius 1 is 1.67 bits per heavy atom. The van der Waals surface area contributed by atoms with E-state index in [1.54, 1.807) is 6.20 Å². The molecule has 0 heterocycles. The van der Waals surface area contributed by atoms with Crippen molar-refractivity contribution in [3.8, 4) is 0 Å². The zero-order valence-electron chi connectivity index (χ0n) is 6.96. The van der Waals surface area contributed by atoms with Gasteiger partial charge in [-0.3, -0.25) is 10.8 Å². The van der Waals surface area contributed by atoms with Gasteiger partial charge >= 0.3 is 0 Å². The van der Waals surface area contributed by atoms with Crippen LogP contribution in [0.4, 0.5) is 0 Å². The monoisotopic (exact) mass is 163 g/mol. The number of hydrogen-bond donors (Lipinski definition) is 2. The summed E-state index contributed by atoms with van der Waals surface area (Å²) in [7, 11) is 0. The highest BCUT2D eigenvalue weighted by molar-refractivity contribution is 5.41. The molecule has 0 saturated heterocycles. The average Bonchev–Trinajstić information content (AvgIpc) is 2.15. The molecule has 0 saturated carbocycles. The molecule has 1 aliphatic carbocycles. The van der Waals surface area contributed by atoms with Gasteiger partial charge in [0, 0.05) is 0 Å². The molecule has 1 aliphatic rings. The van der Waals surface area contributed by atoms with Gasteiger partial charge in [-0.1, -0.05) is 18.2 Å². The number of aliphatic imine (C=N–C) groups is 1. The van der Waals surface area contributed by atoms with E-state index in [9.17, 15) is 0 Å². The number of hydrazine groups is 1. The molecular formula is C9H13N3. The molecule has 0 aliphatic heterocycles. The highest BCUT2D eigenvalue weighted by Gasteiger charge is 2.01. The summed E-state index contributed by atoms with van der Waals surface area (Å²) < 4.78 is 0. The van der Waals surface area contributed by atoms with Gasteiger partial charge in [0.15, 0.2) is 0 Å². The number of rotatable bonds is 3. The molecule has 0 atom stereocenters. The molecule has 0 aromatic rings. The number of nitrogens with one attached hydrogen (secondary N) is 1. The maximum absolute atomic E-state index is 5.31. The second-order valence-electron chi connectivity index (χ2n) is 2.51. The first-order chi connectivity index (χ1) is 5.88. The first kappa shape index (κ1) is 8.74. The first-order valence-corrected chi connectivity index (χ1v) is 3.88. The normalized spacial score (nSPS) is 17.1. The van der Waals surface area contributed by atoms with Gasteiger partial charge in [-0.2, -0.15) is 0 Å². The average molecular weight is 163 g/mol. The van der Waals surface area contributed by atoms with Gasteiger partial charge in [-0.05, 0) is 25.1 Å². The topological polar surface area (TPSA) is 50.4 Å². The molecule has 0 fully saturated rings. The lowest BCUT2D eigenvalue weighted by atomic mass is 10.1. The fraction of sp³-hybridized carbons (Fsp3) is 0.222. The summed E-state index contributed by atoms with van der Waals surface area (Å²) in [5, 5.41) is 0. The minimum absolute atomic E-state index is 0.806. The van der Waals surface area contributed by atoms with E-state index in [2.05, 4.69) is 29.3 Å². The lowest BCUT2D eigenvalue weighted by Gasteiger charge is -2.09. The zero-order chi connectivity index (χ0) is 8.81. The van der Waals surface area contributed by atoms with Gasteiger partial charge in [-0.15, -0.1) is 0 Å². The van der Waals surface area contributed by atoms with E-state index in [0.717, 1.165) is 24.1 Å². The van der Waals surface area contributed by atoms with Crippen LogP contribution in [0.15, 0.2) is 40.7 Å². The highest BCUT2D eigenvalue weighted by atomic mass is 15.2. The molecule has 1 rings (SSSR count). The summed E-state index contributed by atoms with van der Waals surface area (Å²) in [5.74, 6) is 5.31. The van der Waals surface area contributed by atoms with Crippen LogP contribution in [-0.4, -0.2) is 6.72 Å². The van der Waals surface area contributed by atoms with E-state index < -0.39 is 0 Å². The zero-order valence-corrected chi connectivity index (χ0v) is 6.96. The Kier molecular flexibility index (Phi) is 3.29. The van der Waals surface area contributed by atoms with Crippen molar-refractivity contribution in [2.24, 2.45) is 10.8 Å². The van der Waals surface area contributed by atoms with Crippen LogP contribution in [0.25, 0.3) is 0 Å². The fourth-order valence-electron chi connectivity index (χ4n) is 1.10. The van der Waals surface area contributed by atoms with Crippen molar-refractivity contribution in [2.75, 3.05) is 0 Å². The Balaban J connectivity index is 2.78. The predicted octanol–water partition coefficient (Wildman–Crippen LogP) is 1.27. The van der Waals surface area contributed by atoms with Crippen molar-refractivity contribution in [2.45, 2.75) is 12.8 Å². The Bertz CT molecular complexity index is 248. The summed E-state index contributed by atoms with van der Waals surface area (Å²) in [6, 6.07) is 0. The molecule has 0 amide bonds. The van der Waals surface area contributed by atoms with Gasteiger partial charge in [0.25, 0.3) is 0 Å². The minimum atomic E-state index is 0.806. The van der Waals surface area contributed by atoms with E-state index in [0.29, 0.717) is 0 Å². The number of nitrogens with zero attached hydrogens (tertiary/aromatic N) is 1. The lowest BCUT2D eigenvalue weighted by molar-refractivity contribution is 0.886. The fourth-order valence-corrected chi connectivity index (χ4v) is 1.10. The molecule has 12 heavy (non-hydrogen) atoms. The van der Waals surface area contributed by atoms with Crippen LogP contribution in [0.3, 0.4) is 0 Å². The van der Waals surface area contributed by atoms with E-state index in [1.165, 1.54) is 0 Å². The SMILES string of the molecule is C=N/C=C(\NN)C1=CCCC=C1. The van der Waals surface area contributed by atoms with Crippen LogP contribution in [0.1, 0.15) is 12.8 Å². The molecule has 0 unspecified atom stereocenters. The molecule has 0 bridgehead atoms. The summed E-state index contributed by atoms with van der Waals surface area (Å²) in [6.07, 6.45) is 10.0. The third kappa shape index (κ3) is 2.07. The van der Waals surface area contributed by atoms with Crippen molar-refractivity contribution in [3.63, 3.8) is 0 Å². The quantitative estimate of drug-likeness (QED) is 0.374. The highest BCUT2D eigenvalue weighted by Crippen LogP contribution is 2.15. The third-order valence-electron chi connectivity index (χ3n) is 1.68. The van der Waals surface area contributed by atoms with Crippen LogP contribution >= 0.6 is 0 Å². The second kappa shape index (κ2) is 4.51. The van der Waals surface area contributed by atoms with E-state index in [1.807, 2.05) is 6.08 Å². The molecule has 3 nitrogen and oxygen atoms in total. The Morgan fingerprint density at radius 3 is 3.00 bits per heavy atom. The Hall–Kier alpha value is -1.35. The largest absolute Gasteiger partial charge is 0.322 e. The molecule has 0 aromatic carbocycles. The second-order valence-corrected chi connectivity index (χ2v) is 2.51. The van der Waals surface area contributed by atoms with Crippen molar-refractivity contribution in [1.29, 1.82) is 0 Å². The lowest BCUT2D eigenvalue weighted by Crippen LogP contribution is -2.22. The number of allylic oxidation sites excluding steroid dienone is 3. The first-order valence-electron chi connectivity index (χ1n) is 3.88. The summed E-state index contributed by atoms with van der Waals surface area (Å²) in [4.78, 5) is 3.65. The molecule has 64 valence electrons. The van der Waals surface area contributed by atoms with Crippen LogP contribution < -0.4 is 11.3 Å². The van der Waals surface area contributed by atoms with Crippen LogP contribution in [0.5, 0.6) is 0 Å². The third-order valence-corrected chi connectivity index (χ3v) is 1.68. The Morgan fingerprint density at radius 2 is 2.50 bits per heavy atom. The van der Waals surface area contributed by atoms with Crippen molar-refractivity contribution in [1.82, 2.24) is 5.43 Å². The molecule has 3 N–H and O–H groups in total. The maximum Gasteiger partial charge on any atom is 0.0738 e. The predicted molar refractivity (Wildman–Crippen MR) is 51.4 cm³/mol. The van der Waals surface area contributed by atoms with E-state index >= 15 is 0 Å². The number of nitrogens with two attached hydrogens (primary N) is 1. The van der Waals surface area contributed by atoms with Crippen molar-refractivity contribution in [3.05, 3.63) is 35.7 Å². The maximum atomic E-state index is 5.31. The summed E-state index contributed by atoms with van der Waals surface area (Å²) >= 11 is 0. The smallest absolute Gasteiger partial charge is 0.0738 e. The van der Waals surface area contributed by atoms with Gasteiger partial charge in [0.05, 0.1) is 11.9 Å². The molecule has 0 spiro atoms. The summed E-state index contributed by atoms with van der Waals surface area (Å²) in [5.41, 5.74) is 4.47. The number of hydrogen-bond acceptors (Lipinski definition) is 3. The summed E-state index contributed by atoms with van der Waals surface area (Å²) in [6.45, 7) is 3.37. The van der Waals surface area contributed by atoms with Crippen LogP contribution in [0.2, 0.25) is 0 Å². The molecule has 0 radical (unpaired) electrons. The van der Waals surface area contributed by atoms with E-state index in [-0.39, 0.29) is 0 Å². The molecule has 3 heteroatoms. The van der Waals surface area contributed by atoms with Crippen LogP contribution in [0, 0.1) is 0 Å². The molecule has 0 aromatic heterocycles. The van der Waals surface area contributed by atoms with Gasteiger partial charge in [0.1, 0.15) is 0 Å². The van der Waals surface area contributed by atoms with E-state index in [4.69, 9.17) is 5.84 Å². The van der Waals surface area contributed by atoms with Crippen molar-refractivity contribution < 1.29 is 0 Å². The van der Waals surface area contributed by atoms with Crippen molar-refractivity contribution >= 4 is 6.72 Å². The van der Waals surface area contributed by atoms with Gasteiger partial charge < -0.3 is 5.43 Å². The van der Waals surface area contributed by atoms with Crippen LogP contribution in [-0.2, 0) is 0 Å². The van der Waals surface area contributed by atoms with Gasteiger partial charge in [-0.25, -0.2) is 0 Å².